The number of hydrogen-bond acceptors (Lipinski definition) is 7. The van der Waals surface area contributed by atoms with Crippen molar-refractivity contribution < 1.29 is 22.7 Å². The van der Waals surface area contributed by atoms with E-state index in [9.17, 15) is 18.0 Å². The zero-order valence-corrected chi connectivity index (χ0v) is 24.7. The van der Waals surface area contributed by atoms with Gasteiger partial charge in [-0.15, -0.1) is 0 Å². The van der Waals surface area contributed by atoms with E-state index in [2.05, 4.69) is 4.90 Å². The molecule has 1 aliphatic rings. The minimum atomic E-state index is -3.88. The maximum Gasteiger partial charge on any atom is 0.190 e. The Morgan fingerprint density at radius 2 is 1.21 bits per heavy atom. The molecule has 1 aliphatic heterocycles. The van der Waals surface area contributed by atoms with E-state index in [0.717, 1.165) is 28.4 Å². The third-order valence-electron chi connectivity index (χ3n) is 7.38. The van der Waals surface area contributed by atoms with Crippen molar-refractivity contribution in [2.45, 2.75) is 59.6 Å². The molecule has 3 aromatic rings. The molecule has 0 radical (unpaired) electrons. The van der Waals surface area contributed by atoms with E-state index in [0.29, 0.717) is 24.3 Å². The van der Waals surface area contributed by atoms with Gasteiger partial charge in [-0.1, -0.05) is 53.7 Å². The second-order valence-corrected chi connectivity index (χ2v) is 14.4. The molecule has 39 heavy (non-hydrogen) atoms. The first-order valence-corrected chi connectivity index (χ1v) is 15.3. The highest BCUT2D eigenvalue weighted by atomic mass is 32.2. The molecular weight excluding hydrogens is 530 g/mol. The maximum absolute atomic E-state index is 13.3. The lowest BCUT2D eigenvalue weighted by Gasteiger charge is -2.39. The molecule has 1 heterocycles. The highest BCUT2D eigenvalue weighted by Crippen LogP contribution is 2.32. The summed E-state index contributed by atoms with van der Waals surface area (Å²) in [4.78, 5) is 30.7. The van der Waals surface area contributed by atoms with Crippen molar-refractivity contribution in [3.05, 3.63) is 89.5 Å². The molecule has 8 heteroatoms. The quantitative estimate of drug-likeness (QED) is 0.300. The van der Waals surface area contributed by atoms with Gasteiger partial charge in [-0.2, -0.15) is 0 Å². The molecule has 0 spiro atoms. The molecule has 3 aromatic carbocycles. The molecule has 0 unspecified atom stereocenters. The Bertz CT molecular complexity index is 1440. The lowest BCUT2D eigenvalue weighted by Crippen LogP contribution is -2.54. The van der Waals surface area contributed by atoms with Crippen molar-refractivity contribution in [2.75, 3.05) is 26.3 Å². The van der Waals surface area contributed by atoms with Gasteiger partial charge in [0.05, 0.1) is 23.6 Å². The summed E-state index contributed by atoms with van der Waals surface area (Å²) in [5, 5.41) is 0. The molecule has 0 bridgehead atoms. The summed E-state index contributed by atoms with van der Waals surface area (Å²) in [6.07, 6.45) is 0. The first-order chi connectivity index (χ1) is 18.3. The minimum absolute atomic E-state index is 0.0759. The summed E-state index contributed by atoms with van der Waals surface area (Å²) in [6.45, 7) is 11.5. The van der Waals surface area contributed by atoms with Crippen molar-refractivity contribution in [1.29, 1.82) is 0 Å². The number of nitrogens with zero attached hydrogens (tertiary/aromatic N) is 1. The Morgan fingerprint density at radius 3 is 1.69 bits per heavy atom. The number of aryl methyl sites for hydroxylation is 1. The van der Waals surface area contributed by atoms with Crippen LogP contribution in [0, 0.1) is 6.92 Å². The molecule has 4 rings (SSSR count). The van der Waals surface area contributed by atoms with Crippen LogP contribution >= 0.6 is 11.8 Å². The second kappa shape index (κ2) is 11.4. The molecule has 0 amide bonds. The molecule has 0 aliphatic carbocycles. The van der Waals surface area contributed by atoms with Crippen molar-refractivity contribution in [3.63, 3.8) is 0 Å². The summed E-state index contributed by atoms with van der Waals surface area (Å²) in [6, 6.07) is 21.0. The molecular formula is C31H35NO5S2. The van der Waals surface area contributed by atoms with E-state index in [1.807, 2.05) is 57.2 Å². The fraction of sp³-hybridized carbons (Fsp3) is 0.355. The number of benzene rings is 3. The number of hydrogen-bond donors (Lipinski definition) is 0. The molecule has 0 aromatic heterocycles. The van der Waals surface area contributed by atoms with Gasteiger partial charge in [0.2, 0.25) is 0 Å². The molecule has 1 fully saturated rings. The van der Waals surface area contributed by atoms with Crippen LogP contribution in [-0.4, -0.2) is 61.5 Å². The standard InChI is InChI=1S/C31H35NO5S2/c1-22-6-16-27(17-7-22)39(35,36)31(4,5)29(34)24-10-14-26(15-11-24)38-25-12-8-23(9-13-25)28(33)30(2,3)32-18-20-37-21-19-32/h6-17H,18-21H2,1-5H3. The van der Waals surface area contributed by atoms with Crippen LogP contribution in [0.3, 0.4) is 0 Å². The number of ether oxygens (including phenoxy) is 1. The van der Waals surface area contributed by atoms with E-state index >= 15 is 0 Å². The zero-order chi connectivity index (χ0) is 28.4. The SMILES string of the molecule is Cc1ccc(S(=O)(=O)C(C)(C)C(=O)c2ccc(Sc3ccc(C(=O)C(C)(C)N4CCOCC4)cc3)cc2)cc1. The largest absolute Gasteiger partial charge is 0.379 e. The number of sulfone groups is 1. The molecule has 1 saturated heterocycles. The fourth-order valence-electron chi connectivity index (χ4n) is 4.59. The van der Waals surface area contributed by atoms with Gasteiger partial charge in [-0.05, 0) is 71.0 Å². The average molecular weight is 566 g/mol. The first-order valence-electron chi connectivity index (χ1n) is 13.0. The summed E-state index contributed by atoms with van der Waals surface area (Å²) in [5.74, 6) is -0.377. The Hall–Kier alpha value is -2.78. The third-order valence-corrected chi connectivity index (χ3v) is 10.8. The van der Waals surface area contributed by atoms with Crippen LogP contribution in [0.25, 0.3) is 0 Å². The van der Waals surface area contributed by atoms with Crippen LogP contribution in [0.15, 0.2) is 87.5 Å². The lowest BCUT2D eigenvalue weighted by atomic mass is 9.91. The topological polar surface area (TPSA) is 80.8 Å². The van der Waals surface area contributed by atoms with Crippen LogP contribution in [-0.2, 0) is 14.6 Å². The van der Waals surface area contributed by atoms with Gasteiger partial charge in [0.1, 0.15) is 4.75 Å². The normalized spacial score (nSPS) is 15.2. The summed E-state index contributed by atoms with van der Waals surface area (Å²) in [7, 11) is -3.88. The third kappa shape index (κ3) is 6.04. The highest BCUT2D eigenvalue weighted by Gasteiger charge is 2.43. The van der Waals surface area contributed by atoms with Gasteiger partial charge in [0.25, 0.3) is 0 Å². The van der Waals surface area contributed by atoms with E-state index in [-0.39, 0.29) is 10.7 Å². The number of Topliss-reactive ketones (excluding diaryl/α,β-unsaturated/α-hetero) is 2. The molecule has 6 nitrogen and oxygen atoms in total. The van der Waals surface area contributed by atoms with Gasteiger partial charge in [0.15, 0.2) is 21.4 Å². The Morgan fingerprint density at radius 1 is 0.744 bits per heavy atom. The van der Waals surface area contributed by atoms with Crippen molar-refractivity contribution >= 4 is 33.2 Å². The number of rotatable bonds is 9. The molecule has 0 atom stereocenters. The molecule has 0 saturated carbocycles. The van der Waals surface area contributed by atoms with Gasteiger partial charge in [-0.3, -0.25) is 14.5 Å². The van der Waals surface area contributed by atoms with E-state index < -0.39 is 25.9 Å². The summed E-state index contributed by atoms with van der Waals surface area (Å²) >= 11 is 1.51. The Labute approximate surface area is 235 Å². The van der Waals surface area contributed by atoms with Gasteiger partial charge in [-0.25, -0.2) is 8.42 Å². The number of ketones is 2. The second-order valence-electron chi connectivity index (χ2n) is 10.8. The number of carbonyl (C=O) groups excluding carboxylic acids is 2. The predicted molar refractivity (Wildman–Crippen MR) is 155 cm³/mol. The summed E-state index contributed by atoms with van der Waals surface area (Å²) in [5.41, 5.74) is 1.34. The average Bonchev–Trinajstić information content (AvgIpc) is 2.93. The van der Waals surface area contributed by atoms with E-state index in [4.69, 9.17) is 4.74 Å². The highest BCUT2D eigenvalue weighted by molar-refractivity contribution is 7.99. The molecule has 206 valence electrons. The van der Waals surface area contributed by atoms with Gasteiger partial charge < -0.3 is 4.74 Å². The van der Waals surface area contributed by atoms with Gasteiger partial charge >= 0.3 is 0 Å². The predicted octanol–water partition coefficient (Wildman–Crippen LogP) is 5.87. The van der Waals surface area contributed by atoms with Gasteiger partial charge in [0, 0.05) is 34.0 Å². The molecule has 0 N–H and O–H groups in total. The van der Waals surface area contributed by atoms with E-state index in [1.165, 1.54) is 25.6 Å². The van der Waals surface area contributed by atoms with Crippen LogP contribution in [0.1, 0.15) is 54.0 Å². The van der Waals surface area contributed by atoms with E-state index in [1.54, 1.807) is 36.4 Å². The monoisotopic (exact) mass is 565 g/mol. The van der Waals surface area contributed by atoms with Crippen molar-refractivity contribution in [3.8, 4) is 0 Å². The number of morpholine rings is 1. The lowest BCUT2D eigenvalue weighted by molar-refractivity contribution is -0.00430. The fourth-order valence-corrected chi connectivity index (χ4v) is 6.85. The van der Waals surface area contributed by atoms with Crippen LogP contribution in [0.2, 0.25) is 0 Å². The van der Waals surface area contributed by atoms with Crippen LogP contribution in [0.4, 0.5) is 0 Å². The smallest absolute Gasteiger partial charge is 0.190 e. The Balaban J connectivity index is 1.44. The van der Waals surface area contributed by atoms with Crippen LogP contribution < -0.4 is 0 Å². The van der Waals surface area contributed by atoms with Crippen molar-refractivity contribution in [1.82, 2.24) is 4.90 Å². The maximum atomic E-state index is 13.3. The number of carbonyl (C=O) groups is 2. The first kappa shape index (κ1) is 29.2. The minimum Gasteiger partial charge on any atom is -0.379 e. The Kier molecular flexibility index (Phi) is 8.52. The van der Waals surface area contributed by atoms with Crippen molar-refractivity contribution in [2.24, 2.45) is 0 Å². The zero-order valence-electron chi connectivity index (χ0n) is 23.1. The van der Waals surface area contributed by atoms with Crippen LogP contribution in [0.5, 0.6) is 0 Å². The summed E-state index contributed by atoms with van der Waals surface area (Å²) < 4.78 is 30.3.